The Morgan fingerprint density at radius 2 is 2.22 bits per heavy atom. The molecule has 1 fully saturated rings. The number of hydrogen-bond donors (Lipinski definition) is 1. The van der Waals surface area contributed by atoms with Gasteiger partial charge in [-0.1, -0.05) is 0 Å². The van der Waals surface area contributed by atoms with Crippen molar-refractivity contribution in [2.75, 3.05) is 32.8 Å². The van der Waals surface area contributed by atoms with Crippen LogP contribution in [0.4, 0.5) is 0 Å². The quantitative estimate of drug-likeness (QED) is 0.807. The zero-order valence-corrected chi connectivity index (χ0v) is 10.7. The van der Waals surface area contributed by atoms with E-state index in [2.05, 4.69) is 25.0 Å². The summed E-state index contributed by atoms with van der Waals surface area (Å²) >= 11 is 0. The van der Waals surface area contributed by atoms with Gasteiger partial charge in [-0.05, 0) is 12.8 Å². The minimum Gasteiger partial charge on any atom is -0.381 e. The molecule has 0 aromatic carbocycles. The zero-order chi connectivity index (χ0) is 12.2. The smallest absolute Gasteiger partial charge is 0.147 e. The van der Waals surface area contributed by atoms with Crippen molar-refractivity contribution in [1.82, 2.24) is 25.0 Å². The number of nitrogens with one attached hydrogen (secondary N) is 1. The maximum Gasteiger partial charge on any atom is 0.147 e. The van der Waals surface area contributed by atoms with Gasteiger partial charge in [-0.15, -0.1) is 10.2 Å². The maximum atomic E-state index is 5.36. The molecule has 18 heavy (non-hydrogen) atoms. The lowest BCUT2D eigenvalue weighted by molar-refractivity contribution is 0.0768. The van der Waals surface area contributed by atoms with Crippen LogP contribution in [0.5, 0.6) is 0 Å². The third kappa shape index (κ3) is 2.88. The Hall–Kier alpha value is -0.980. The molecule has 1 aromatic rings. The van der Waals surface area contributed by atoms with Crippen LogP contribution < -0.4 is 5.32 Å². The molecular weight excluding hydrogens is 230 g/mol. The molecule has 1 N–H and O–H groups in total. The number of aromatic nitrogens is 3. The molecule has 0 bridgehead atoms. The van der Waals surface area contributed by atoms with Crippen LogP contribution in [-0.2, 0) is 17.8 Å². The fourth-order valence-corrected chi connectivity index (χ4v) is 2.64. The van der Waals surface area contributed by atoms with Crippen LogP contribution in [0.2, 0.25) is 0 Å². The highest BCUT2D eigenvalue weighted by atomic mass is 16.5. The Labute approximate surface area is 107 Å². The highest BCUT2D eigenvalue weighted by Crippen LogP contribution is 2.09. The van der Waals surface area contributed by atoms with Gasteiger partial charge in [-0.2, -0.15) is 0 Å². The summed E-state index contributed by atoms with van der Waals surface area (Å²) < 4.78 is 7.50. The minimum absolute atomic E-state index is 0.646. The van der Waals surface area contributed by atoms with E-state index in [1.165, 1.54) is 0 Å². The van der Waals surface area contributed by atoms with Crippen molar-refractivity contribution >= 4 is 0 Å². The monoisotopic (exact) mass is 251 g/mol. The van der Waals surface area contributed by atoms with E-state index in [0.717, 1.165) is 64.6 Å². The summed E-state index contributed by atoms with van der Waals surface area (Å²) in [5.41, 5.74) is 0. The van der Waals surface area contributed by atoms with Crippen LogP contribution in [-0.4, -0.2) is 58.6 Å². The fourth-order valence-electron chi connectivity index (χ4n) is 2.64. The van der Waals surface area contributed by atoms with Gasteiger partial charge in [0.15, 0.2) is 0 Å². The molecule has 0 amide bonds. The summed E-state index contributed by atoms with van der Waals surface area (Å²) in [7, 11) is 0. The average molecular weight is 251 g/mol. The molecule has 0 spiro atoms. The summed E-state index contributed by atoms with van der Waals surface area (Å²) in [5, 5.41) is 11.7. The summed E-state index contributed by atoms with van der Waals surface area (Å²) in [6, 6.07) is 0.646. The first-order valence-corrected chi connectivity index (χ1v) is 6.82. The van der Waals surface area contributed by atoms with Crippen molar-refractivity contribution in [1.29, 1.82) is 0 Å². The highest BCUT2D eigenvalue weighted by molar-refractivity contribution is 4.90. The summed E-state index contributed by atoms with van der Waals surface area (Å²) in [6.45, 7) is 6.99. The van der Waals surface area contributed by atoms with Crippen LogP contribution in [0.3, 0.4) is 0 Å². The van der Waals surface area contributed by atoms with Crippen molar-refractivity contribution in [3.8, 4) is 0 Å². The maximum absolute atomic E-state index is 5.36. The van der Waals surface area contributed by atoms with Gasteiger partial charge in [0, 0.05) is 45.4 Å². The van der Waals surface area contributed by atoms with Crippen LogP contribution in [0.1, 0.15) is 18.7 Å². The van der Waals surface area contributed by atoms with Gasteiger partial charge < -0.3 is 14.6 Å². The first-order chi connectivity index (χ1) is 8.92. The molecule has 3 heterocycles. The number of rotatable bonds is 4. The van der Waals surface area contributed by atoms with Gasteiger partial charge in [0.1, 0.15) is 12.2 Å². The van der Waals surface area contributed by atoms with E-state index in [0.29, 0.717) is 6.04 Å². The van der Waals surface area contributed by atoms with E-state index < -0.39 is 0 Å². The van der Waals surface area contributed by atoms with Crippen LogP contribution in [0.15, 0.2) is 6.33 Å². The number of hydrogen-bond acceptors (Lipinski definition) is 5. The SMILES string of the molecule is c1nnc2n1CCN(CCNC1CCOCC1)C2. The lowest BCUT2D eigenvalue weighted by atomic mass is 10.1. The molecule has 3 rings (SSSR count). The molecule has 6 heteroatoms. The van der Waals surface area contributed by atoms with Crippen LogP contribution in [0.25, 0.3) is 0 Å². The van der Waals surface area contributed by atoms with E-state index in [-0.39, 0.29) is 0 Å². The molecule has 0 radical (unpaired) electrons. The Morgan fingerprint density at radius 1 is 1.33 bits per heavy atom. The number of ether oxygens (including phenoxy) is 1. The molecule has 0 saturated carbocycles. The largest absolute Gasteiger partial charge is 0.381 e. The summed E-state index contributed by atoms with van der Waals surface area (Å²) in [5.74, 6) is 1.09. The lowest BCUT2D eigenvalue weighted by Crippen LogP contribution is -2.42. The Morgan fingerprint density at radius 3 is 3.11 bits per heavy atom. The second-order valence-corrected chi connectivity index (χ2v) is 5.06. The van der Waals surface area contributed by atoms with E-state index >= 15 is 0 Å². The van der Waals surface area contributed by atoms with E-state index in [4.69, 9.17) is 4.74 Å². The van der Waals surface area contributed by atoms with Crippen LogP contribution in [0, 0.1) is 0 Å². The topological polar surface area (TPSA) is 55.2 Å². The molecule has 0 aliphatic carbocycles. The molecule has 100 valence electrons. The van der Waals surface area contributed by atoms with Gasteiger partial charge >= 0.3 is 0 Å². The zero-order valence-electron chi connectivity index (χ0n) is 10.7. The molecule has 2 aliphatic rings. The average Bonchev–Trinajstić information content (AvgIpc) is 2.87. The summed E-state index contributed by atoms with van der Waals surface area (Å²) in [4.78, 5) is 2.44. The highest BCUT2D eigenvalue weighted by Gasteiger charge is 2.18. The third-order valence-corrected chi connectivity index (χ3v) is 3.80. The first kappa shape index (κ1) is 12.1. The fraction of sp³-hybridized carbons (Fsp3) is 0.833. The first-order valence-electron chi connectivity index (χ1n) is 6.82. The van der Waals surface area contributed by atoms with Gasteiger partial charge in [-0.3, -0.25) is 4.90 Å². The van der Waals surface area contributed by atoms with E-state index in [1.54, 1.807) is 0 Å². The molecule has 1 saturated heterocycles. The molecule has 6 nitrogen and oxygen atoms in total. The van der Waals surface area contributed by atoms with Gasteiger partial charge in [-0.25, -0.2) is 0 Å². The Bertz CT molecular complexity index is 374. The number of nitrogens with zero attached hydrogens (tertiary/aromatic N) is 4. The molecule has 0 unspecified atom stereocenters. The summed E-state index contributed by atoms with van der Waals surface area (Å²) in [6.07, 6.45) is 4.12. The van der Waals surface area contributed by atoms with Gasteiger partial charge in [0.05, 0.1) is 6.54 Å². The van der Waals surface area contributed by atoms with Crippen molar-refractivity contribution in [3.63, 3.8) is 0 Å². The van der Waals surface area contributed by atoms with Crippen molar-refractivity contribution < 1.29 is 4.74 Å². The predicted octanol–water partition coefficient (Wildman–Crippen LogP) is -0.138. The van der Waals surface area contributed by atoms with Crippen molar-refractivity contribution in [2.45, 2.75) is 32.0 Å². The van der Waals surface area contributed by atoms with Crippen LogP contribution >= 0.6 is 0 Å². The van der Waals surface area contributed by atoms with E-state index in [9.17, 15) is 0 Å². The van der Waals surface area contributed by atoms with Crippen molar-refractivity contribution in [2.24, 2.45) is 0 Å². The predicted molar refractivity (Wildman–Crippen MR) is 67.1 cm³/mol. The van der Waals surface area contributed by atoms with E-state index in [1.807, 2.05) is 6.33 Å². The molecule has 2 aliphatic heterocycles. The third-order valence-electron chi connectivity index (χ3n) is 3.80. The van der Waals surface area contributed by atoms with Gasteiger partial charge in [0.25, 0.3) is 0 Å². The van der Waals surface area contributed by atoms with Gasteiger partial charge in [0.2, 0.25) is 0 Å². The standard InChI is InChI=1S/C12H21N5O/c1-7-18-8-2-11(1)13-3-4-16-5-6-17-10-14-15-12(17)9-16/h10-11,13H,1-9H2. The molecule has 1 aromatic heterocycles. The van der Waals surface area contributed by atoms with Crippen molar-refractivity contribution in [3.05, 3.63) is 12.2 Å². The molecular formula is C12H21N5O. The molecule has 0 atom stereocenters. The Kier molecular flexibility index (Phi) is 3.87. The Balaban J connectivity index is 1.39. The lowest BCUT2D eigenvalue weighted by Gasteiger charge is -2.28. The number of fused-ring (bicyclic) bond motifs is 1. The second-order valence-electron chi connectivity index (χ2n) is 5.06. The second kappa shape index (κ2) is 5.77. The minimum atomic E-state index is 0.646. The normalized spacial score (nSPS) is 22.0.